The molecule has 0 heterocycles. The number of ketones is 2. The molecule has 5 nitrogen and oxygen atoms in total. The number of rotatable bonds is 4. The normalized spacial score (nSPS) is 42.1. The molecule has 3 saturated carbocycles. The van der Waals surface area contributed by atoms with Crippen LogP contribution in [0.3, 0.4) is 0 Å². The first-order chi connectivity index (χ1) is 13.3. The number of aliphatic hydroxyl groups excluding tert-OH is 1. The maximum Gasteiger partial charge on any atom is 0.302 e. The molecule has 0 aliphatic heterocycles. The number of Topliss-reactive ketones (excluding diaryl/α,β-unsaturated/α-hetero) is 1. The minimum atomic E-state index is -0.355. The largest absolute Gasteiger partial charge is 0.465 e. The van der Waals surface area contributed by atoms with Crippen LogP contribution >= 0.6 is 0 Å². The van der Waals surface area contributed by atoms with Gasteiger partial charge in [-0.15, -0.1) is 0 Å². The van der Waals surface area contributed by atoms with Crippen molar-refractivity contribution >= 4 is 17.5 Å². The first-order valence-electron chi connectivity index (χ1n) is 10.8. The van der Waals surface area contributed by atoms with E-state index < -0.39 is 0 Å². The van der Waals surface area contributed by atoms with Gasteiger partial charge in [0.25, 0.3) is 0 Å². The lowest BCUT2D eigenvalue weighted by atomic mass is 9.46. The summed E-state index contributed by atoms with van der Waals surface area (Å²) in [6, 6.07) is 0. The lowest BCUT2D eigenvalue weighted by Crippen LogP contribution is -2.54. The second-order valence-electron chi connectivity index (χ2n) is 9.79. The van der Waals surface area contributed by atoms with E-state index >= 15 is 0 Å². The summed E-state index contributed by atoms with van der Waals surface area (Å²) in [7, 11) is 0. The molecule has 28 heavy (non-hydrogen) atoms. The molecule has 4 aliphatic carbocycles. The third kappa shape index (κ3) is 2.89. The number of aliphatic hydroxyl groups is 1. The zero-order valence-corrected chi connectivity index (χ0v) is 17.0. The van der Waals surface area contributed by atoms with E-state index in [1.54, 1.807) is 0 Å². The lowest BCUT2D eigenvalue weighted by molar-refractivity contribution is -0.151. The summed E-state index contributed by atoms with van der Waals surface area (Å²) in [5.41, 5.74) is 0.953. The topological polar surface area (TPSA) is 80.7 Å². The van der Waals surface area contributed by atoms with Crippen molar-refractivity contribution in [1.29, 1.82) is 0 Å². The fourth-order valence-corrected chi connectivity index (χ4v) is 7.50. The molecule has 0 aromatic heterocycles. The van der Waals surface area contributed by atoms with Gasteiger partial charge < -0.3 is 9.84 Å². The van der Waals surface area contributed by atoms with Crippen LogP contribution in [0.2, 0.25) is 0 Å². The van der Waals surface area contributed by atoms with Crippen LogP contribution in [-0.4, -0.2) is 35.9 Å². The van der Waals surface area contributed by atoms with Gasteiger partial charge in [-0.05, 0) is 74.2 Å². The molecule has 1 N–H and O–H groups in total. The van der Waals surface area contributed by atoms with E-state index in [2.05, 4.69) is 6.92 Å². The first kappa shape index (κ1) is 19.8. The van der Waals surface area contributed by atoms with Crippen molar-refractivity contribution in [3.05, 3.63) is 11.6 Å². The number of esters is 1. The van der Waals surface area contributed by atoms with Gasteiger partial charge in [0.05, 0.1) is 0 Å². The van der Waals surface area contributed by atoms with E-state index in [1.807, 2.05) is 6.08 Å². The highest BCUT2D eigenvalue weighted by Gasteiger charge is 2.61. The summed E-state index contributed by atoms with van der Waals surface area (Å²) >= 11 is 0. The van der Waals surface area contributed by atoms with E-state index in [4.69, 9.17) is 4.74 Å². The van der Waals surface area contributed by atoms with Crippen molar-refractivity contribution in [3.63, 3.8) is 0 Å². The number of carbonyl (C=O) groups excluding carboxylic acids is 3. The molecule has 154 valence electrons. The zero-order valence-electron chi connectivity index (χ0n) is 17.0. The molecule has 4 aliphatic rings. The average molecular weight is 389 g/mol. The highest BCUT2D eigenvalue weighted by molar-refractivity contribution is 5.91. The zero-order chi connectivity index (χ0) is 20.1. The Balaban J connectivity index is 1.67. The minimum absolute atomic E-state index is 0.00210. The Hall–Kier alpha value is -1.49. The summed E-state index contributed by atoms with van der Waals surface area (Å²) in [4.78, 5) is 36.1. The quantitative estimate of drug-likeness (QED) is 0.748. The SMILES string of the molecule is CC(=O)OC[C@]12CCC(=O)C=C1CC[C@@H]1[C@@H]2CC[C@]2(C)[C@@H](C(=O)CO)CC[C@@H]12. The Morgan fingerprint density at radius 1 is 1.14 bits per heavy atom. The predicted molar refractivity (Wildman–Crippen MR) is 103 cm³/mol. The second-order valence-corrected chi connectivity index (χ2v) is 9.79. The van der Waals surface area contributed by atoms with Crippen molar-refractivity contribution in [2.24, 2.45) is 34.5 Å². The monoisotopic (exact) mass is 388 g/mol. The van der Waals surface area contributed by atoms with Crippen LogP contribution < -0.4 is 0 Å². The van der Waals surface area contributed by atoms with Crippen LogP contribution in [0.25, 0.3) is 0 Å². The molecule has 0 amide bonds. The summed E-state index contributed by atoms with van der Waals surface area (Å²) in [5.74, 6) is 1.28. The molecule has 0 spiro atoms. The Morgan fingerprint density at radius 3 is 2.64 bits per heavy atom. The van der Waals surface area contributed by atoms with Crippen LogP contribution in [0.1, 0.15) is 65.2 Å². The molecule has 5 heteroatoms. The van der Waals surface area contributed by atoms with Gasteiger partial charge in [0.15, 0.2) is 11.6 Å². The van der Waals surface area contributed by atoms with Gasteiger partial charge in [0.2, 0.25) is 0 Å². The molecule has 0 unspecified atom stereocenters. The minimum Gasteiger partial charge on any atom is -0.465 e. The fraction of sp³-hybridized carbons (Fsp3) is 0.783. The standard InChI is InChI=1S/C23H32O5/c1-14(25)28-13-23-10-7-16(26)11-15(23)3-4-17-18-5-6-20(21(27)12-24)22(18,2)9-8-19(17)23/h11,17-20,24H,3-10,12-13H2,1-2H3/t17-,18-,19-,20+,22-,23+/m0/s1. The smallest absolute Gasteiger partial charge is 0.302 e. The van der Waals surface area contributed by atoms with Gasteiger partial charge >= 0.3 is 5.97 Å². The third-order valence-electron chi connectivity index (χ3n) is 8.76. The Bertz CT molecular complexity index is 725. The molecule has 3 fully saturated rings. The molecule has 6 atom stereocenters. The van der Waals surface area contributed by atoms with Crippen LogP contribution in [0.15, 0.2) is 11.6 Å². The van der Waals surface area contributed by atoms with E-state index in [9.17, 15) is 19.5 Å². The number of hydrogen-bond donors (Lipinski definition) is 1. The number of fused-ring (bicyclic) bond motifs is 5. The highest BCUT2D eigenvalue weighted by atomic mass is 16.5. The van der Waals surface area contributed by atoms with Crippen LogP contribution in [-0.2, 0) is 19.1 Å². The Kier molecular flexibility index (Phi) is 5.01. The molecule has 0 saturated heterocycles. The molecule has 0 radical (unpaired) electrons. The molecule has 0 aromatic carbocycles. The average Bonchev–Trinajstić information content (AvgIpc) is 3.03. The molecule has 0 bridgehead atoms. The number of ether oxygens (including phenoxy) is 1. The van der Waals surface area contributed by atoms with Gasteiger partial charge in [-0.1, -0.05) is 12.5 Å². The van der Waals surface area contributed by atoms with Crippen LogP contribution in [0.5, 0.6) is 0 Å². The van der Waals surface area contributed by atoms with Crippen molar-refractivity contribution in [1.82, 2.24) is 0 Å². The predicted octanol–water partition coefficient (Wildman–Crippen LogP) is 3.24. The van der Waals surface area contributed by atoms with Gasteiger partial charge in [-0.3, -0.25) is 14.4 Å². The maximum absolute atomic E-state index is 12.4. The van der Waals surface area contributed by atoms with E-state index in [0.717, 1.165) is 44.9 Å². The molecule has 4 rings (SSSR count). The Labute approximate surface area is 166 Å². The van der Waals surface area contributed by atoms with E-state index in [-0.39, 0.29) is 40.9 Å². The molecular weight excluding hydrogens is 356 g/mol. The van der Waals surface area contributed by atoms with Crippen molar-refractivity contribution in [3.8, 4) is 0 Å². The van der Waals surface area contributed by atoms with Crippen molar-refractivity contribution < 1.29 is 24.2 Å². The van der Waals surface area contributed by atoms with Crippen molar-refractivity contribution in [2.75, 3.05) is 13.2 Å². The Morgan fingerprint density at radius 2 is 1.93 bits per heavy atom. The van der Waals surface area contributed by atoms with E-state index in [0.29, 0.717) is 30.8 Å². The lowest BCUT2D eigenvalue weighted by Gasteiger charge is -2.58. The summed E-state index contributed by atoms with van der Waals surface area (Å²) in [6.45, 7) is 3.74. The van der Waals surface area contributed by atoms with Crippen molar-refractivity contribution in [2.45, 2.75) is 65.2 Å². The number of carbonyl (C=O) groups is 3. The van der Waals surface area contributed by atoms with Gasteiger partial charge in [-0.25, -0.2) is 0 Å². The maximum atomic E-state index is 12.4. The van der Waals surface area contributed by atoms with Gasteiger partial charge in [0, 0.05) is 24.7 Å². The second kappa shape index (κ2) is 7.08. The van der Waals surface area contributed by atoms with Crippen LogP contribution in [0.4, 0.5) is 0 Å². The third-order valence-corrected chi connectivity index (χ3v) is 8.76. The molecular formula is C23H32O5. The fourth-order valence-electron chi connectivity index (χ4n) is 7.50. The summed E-state index contributed by atoms with van der Waals surface area (Å²) in [6.07, 6.45) is 8.96. The summed E-state index contributed by atoms with van der Waals surface area (Å²) in [5, 5.41) is 9.44. The highest BCUT2D eigenvalue weighted by Crippen LogP contribution is 2.66. The van der Waals surface area contributed by atoms with Gasteiger partial charge in [-0.2, -0.15) is 0 Å². The number of hydrogen-bond acceptors (Lipinski definition) is 5. The van der Waals surface area contributed by atoms with E-state index in [1.165, 1.54) is 12.5 Å². The first-order valence-corrected chi connectivity index (χ1v) is 10.8. The van der Waals surface area contributed by atoms with Crippen LogP contribution in [0, 0.1) is 34.5 Å². The molecule has 0 aromatic rings. The van der Waals surface area contributed by atoms with Gasteiger partial charge in [0.1, 0.15) is 13.2 Å². The summed E-state index contributed by atoms with van der Waals surface area (Å²) < 4.78 is 5.56.